The van der Waals surface area contributed by atoms with Gasteiger partial charge in [0, 0.05) is 6.42 Å². The van der Waals surface area contributed by atoms with Crippen molar-refractivity contribution >= 4 is 17.9 Å². The average molecular weight is 308 g/mol. The molecule has 0 spiro atoms. The molecular weight excluding hydrogens is 284 g/mol. The number of amides is 3. The second-order valence-corrected chi connectivity index (χ2v) is 6.77. The van der Waals surface area contributed by atoms with E-state index in [1.165, 1.54) is 0 Å². The van der Waals surface area contributed by atoms with Crippen LogP contribution in [-0.4, -0.2) is 40.5 Å². The van der Waals surface area contributed by atoms with Gasteiger partial charge in [-0.3, -0.25) is 14.9 Å². The normalized spacial score (nSPS) is 25.2. The summed E-state index contributed by atoms with van der Waals surface area (Å²) in [5.41, 5.74) is -0.665. The van der Waals surface area contributed by atoms with E-state index in [4.69, 9.17) is 4.74 Å². The Balaban J connectivity index is 2.01. The number of carbonyl (C=O) groups is 3. The molecule has 3 amide bonds. The molecule has 1 saturated heterocycles. The molecule has 6 heteroatoms. The van der Waals surface area contributed by atoms with Crippen molar-refractivity contribution in [1.82, 2.24) is 10.2 Å². The number of nitrogens with one attached hydrogen (secondary N) is 1. The molecule has 0 bridgehead atoms. The number of carbonyl (C=O) groups excluding carboxylic acids is 3. The summed E-state index contributed by atoms with van der Waals surface area (Å²) in [7, 11) is 0. The van der Waals surface area contributed by atoms with Gasteiger partial charge in [-0.05, 0) is 46.5 Å². The summed E-state index contributed by atoms with van der Waals surface area (Å²) in [6.45, 7) is 5.19. The Morgan fingerprint density at radius 3 is 2.64 bits per heavy atom. The molecule has 2 rings (SSSR count). The van der Waals surface area contributed by atoms with Gasteiger partial charge < -0.3 is 9.64 Å². The van der Waals surface area contributed by atoms with Crippen LogP contribution >= 0.6 is 0 Å². The maximum absolute atomic E-state index is 12.3. The van der Waals surface area contributed by atoms with Gasteiger partial charge in [-0.15, -0.1) is 0 Å². The van der Waals surface area contributed by atoms with Crippen LogP contribution in [0.5, 0.6) is 0 Å². The quantitative estimate of drug-likeness (QED) is 0.793. The molecule has 0 saturated carbocycles. The van der Waals surface area contributed by atoms with Crippen molar-refractivity contribution in [2.75, 3.05) is 0 Å². The van der Waals surface area contributed by atoms with Crippen molar-refractivity contribution < 1.29 is 19.1 Å². The van der Waals surface area contributed by atoms with E-state index in [1.54, 1.807) is 25.7 Å². The summed E-state index contributed by atoms with van der Waals surface area (Å²) in [5, 5.41) is 2.25. The van der Waals surface area contributed by atoms with Gasteiger partial charge in [0.15, 0.2) is 0 Å². The maximum atomic E-state index is 12.3. The lowest BCUT2D eigenvalue weighted by atomic mass is 10.0. The third-order valence-electron chi connectivity index (χ3n) is 3.77. The number of nitrogens with zero attached hydrogens (tertiary/aromatic N) is 1. The topological polar surface area (TPSA) is 75.7 Å². The molecule has 0 radical (unpaired) electrons. The Morgan fingerprint density at radius 2 is 2.05 bits per heavy atom. The van der Waals surface area contributed by atoms with E-state index in [0.717, 1.165) is 19.3 Å². The van der Waals surface area contributed by atoms with Crippen LogP contribution < -0.4 is 5.32 Å². The summed E-state index contributed by atoms with van der Waals surface area (Å²) in [5.74, 6) is -0.486. The Hall–Kier alpha value is -1.85. The zero-order valence-corrected chi connectivity index (χ0v) is 13.4. The highest BCUT2D eigenvalue weighted by Crippen LogP contribution is 2.27. The van der Waals surface area contributed by atoms with Gasteiger partial charge in [0.1, 0.15) is 11.6 Å². The number of imide groups is 1. The Labute approximate surface area is 130 Å². The predicted molar refractivity (Wildman–Crippen MR) is 81.0 cm³/mol. The molecule has 0 aromatic rings. The second kappa shape index (κ2) is 6.50. The molecule has 2 atom stereocenters. The summed E-state index contributed by atoms with van der Waals surface area (Å²) < 4.78 is 5.09. The van der Waals surface area contributed by atoms with Gasteiger partial charge in [0.25, 0.3) is 5.91 Å². The van der Waals surface area contributed by atoms with E-state index in [-0.39, 0.29) is 11.9 Å². The molecule has 1 aliphatic carbocycles. The van der Waals surface area contributed by atoms with Crippen molar-refractivity contribution in [3.05, 3.63) is 12.2 Å². The first-order valence-corrected chi connectivity index (χ1v) is 7.79. The number of hydrogen-bond donors (Lipinski definition) is 1. The highest BCUT2D eigenvalue weighted by Gasteiger charge is 2.40. The van der Waals surface area contributed by atoms with Crippen molar-refractivity contribution in [3.8, 4) is 0 Å². The fourth-order valence-electron chi connectivity index (χ4n) is 2.89. The molecule has 22 heavy (non-hydrogen) atoms. The van der Waals surface area contributed by atoms with E-state index >= 15 is 0 Å². The number of likely N-dealkylation sites (tertiary alicyclic amines) is 1. The van der Waals surface area contributed by atoms with Crippen LogP contribution in [0.3, 0.4) is 0 Å². The van der Waals surface area contributed by atoms with Crippen LogP contribution in [-0.2, 0) is 14.3 Å². The number of hydrogen-bond acceptors (Lipinski definition) is 4. The second-order valence-electron chi connectivity index (χ2n) is 6.77. The van der Waals surface area contributed by atoms with Gasteiger partial charge in [0.2, 0.25) is 5.91 Å². The van der Waals surface area contributed by atoms with E-state index in [2.05, 4.69) is 5.32 Å². The monoisotopic (exact) mass is 308 g/mol. The predicted octanol–water partition coefficient (Wildman–Crippen LogP) is 2.14. The number of allylic oxidation sites excluding steroid dienone is 1. The van der Waals surface area contributed by atoms with Crippen LogP contribution in [0.15, 0.2) is 12.2 Å². The smallest absolute Gasteiger partial charge is 0.414 e. The Morgan fingerprint density at radius 1 is 1.32 bits per heavy atom. The van der Waals surface area contributed by atoms with Gasteiger partial charge in [-0.2, -0.15) is 0 Å². The minimum atomic E-state index is -0.768. The van der Waals surface area contributed by atoms with E-state index in [1.807, 2.05) is 12.2 Å². The minimum Gasteiger partial charge on any atom is -0.444 e. The van der Waals surface area contributed by atoms with Gasteiger partial charge in [-0.25, -0.2) is 4.79 Å². The first kappa shape index (κ1) is 16.5. The molecule has 0 aromatic carbocycles. The minimum absolute atomic E-state index is 0.0270. The molecule has 1 aliphatic heterocycles. The van der Waals surface area contributed by atoms with Gasteiger partial charge in [0.05, 0.1) is 6.04 Å². The lowest BCUT2D eigenvalue weighted by Gasteiger charge is -2.32. The first-order valence-electron chi connectivity index (χ1n) is 7.79. The van der Waals surface area contributed by atoms with Crippen LogP contribution in [0.25, 0.3) is 0 Å². The molecule has 1 N–H and O–H groups in total. The highest BCUT2D eigenvalue weighted by molar-refractivity contribution is 5.98. The molecule has 1 heterocycles. The van der Waals surface area contributed by atoms with Crippen molar-refractivity contribution in [3.63, 3.8) is 0 Å². The van der Waals surface area contributed by atoms with Crippen LogP contribution in [0.2, 0.25) is 0 Å². The molecule has 122 valence electrons. The van der Waals surface area contributed by atoms with Crippen LogP contribution in [0, 0.1) is 0 Å². The van der Waals surface area contributed by atoms with Crippen molar-refractivity contribution in [2.45, 2.75) is 70.6 Å². The largest absolute Gasteiger partial charge is 0.444 e. The molecule has 0 aromatic heterocycles. The summed E-state index contributed by atoms with van der Waals surface area (Å²) in [6.07, 6.45) is 6.92. The highest BCUT2D eigenvalue weighted by atomic mass is 16.6. The summed E-state index contributed by atoms with van der Waals surface area (Å²) in [6, 6.07) is -0.633. The fraction of sp³-hybridized carbons (Fsp3) is 0.688. The zero-order valence-electron chi connectivity index (χ0n) is 13.4. The first-order chi connectivity index (χ1) is 10.3. The maximum Gasteiger partial charge on any atom is 0.414 e. The number of rotatable bonds is 2. The third kappa shape index (κ3) is 4.08. The fourth-order valence-corrected chi connectivity index (χ4v) is 2.89. The average Bonchev–Trinajstić information content (AvgIpc) is 2.79. The summed E-state index contributed by atoms with van der Waals surface area (Å²) in [4.78, 5) is 37.7. The van der Waals surface area contributed by atoms with E-state index in [0.29, 0.717) is 12.8 Å². The SMILES string of the molecule is CC(C)(C)OC(=O)NC(=O)[C@@H]1CCC(=O)N1C1C=CCCC1. The standard InChI is InChI=1S/C16H24N2O4/c1-16(2,3)22-15(21)17-14(20)12-9-10-13(19)18(12)11-7-5-4-6-8-11/h5,7,11-12H,4,6,8-10H2,1-3H3,(H,17,20,21)/t11?,12-/m0/s1. The molecule has 6 nitrogen and oxygen atoms in total. The molecule has 1 fully saturated rings. The Bertz CT molecular complexity index is 493. The van der Waals surface area contributed by atoms with Crippen LogP contribution in [0.1, 0.15) is 52.9 Å². The number of ether oxygens (including phenoxy) is 1. The lowest BCUT2D eigenvalue weighted by molar-refractivity contribution is -0.136. The zero-order chi connectivity index (χ0) is 16.3. The lowest BCUT2D eigenvalue weighted by Crippen LogP contribution is -2.51. The van der Waals surface area contributed by atoms with Crippen molar-refractivity contribution in [1.29, 1.82) is 0 Å². The molecule has 2 aliphatic rings. The van der Waals surface area contributed by atoms with E-state index in [9.17, 15) is 14.4 Å². The van der Waals surface area contributed by atoms with Crippen molar-refractivity contribution in [2.24, 2.45) is 0 Å². The molecule has 1 unspecified atom stereocenters. The van der Waals surface area contributed by atoms with Crippen LogP contribution in [0.4, 0.5) is 4.79 Å². The van der Waals surface area contributed by atoms with Gasteiger partial charge in [-0.1, -0.05) is 12.2 Å². The molecular formula is C16H24N2O4. The third-order valence-corrected chi connectivity index (χ3v) is 3.77. The Kier molecular flexibility index (Phi) is 4.88. The van der Waals surface area contributed by atoms with Gasteiger partial charge >= 0.3 is 6.09 Å². The summed E-state index contributed by atoms with van der Waals surface area (Å²) >= 11 is 0. The number of alkyl carbamates (subject to hydrolysis) is 1. The van der Waals surface area contributed by atoms with E-state index < -0.39 is 23.6 Å².